The maximum absolute atomic E-state index is 12.4. The van der Waals surface area contributed by atoms with Gasteiger partial charge in [0.15, 0.2) is 0 Å². The summed E-state index contributed by atoms with van der Waals surface area (Å²) >= 11 is 0. The van der Waals surface area contributed by atoms with Crippen molar-refractivity contribution in [2.45, 2.75) is 19.6 Å². The van der Waals surface area contributed by atoms with E-state index in [0.29, 0.717) is 18.4 Å². The van der Waals surface area contributed by atoms with Gasteiger partial charge in [-0.1, -0.05) is 19.1 Å². The Morgan fingerprint density at radius 2 is 2.33 bits per heavy atom. The summed E-state index contributed by atoms with van der Waals surface area (Å²) in [6.45, 7) is 4.79. The van der Waals surface area contributed by atoms with Gasteiger partial charge in [0.1, 0.15) is 0 Å². The van der Waals surface area contributed by atoms with Gasteiger partial charge in [0.2, 0.25) is 11.6 Å². The highest BCUT2D eigenvalue weighted by Crippen LogP contribution is 2.59. The third-order valence-electron chi connectivity index (χ3n) is 4.74. The first kappa shape index (κ1) is 9.55. The van der Waals surface area contributed by atoms with Crippen molar-refractivity contribution in [1.29, 1.82) is 0 Å². The molecule has 3 heteroatoms. The van der Waals surface area contributed by atoms with Crippen molar-refractivity contribution < 1.29 is 14.3 Å². The number of Topliss-reactive ketones (excluding diaryl/α,β-unsaturated/α-hetero) is 1. The van der Waals surface area contributed by atoms with Crippen LogP contribution in [-0.4, -0.2) is 25.3 Å². The zero-order valence-electron chi connectivity index (χ0n) is 9.32. The molecule has 1 heterocycles. The van der Waals surface area contributed by atoms with Crippen LogP contribution >= 0.6 is 0 Å². The number of hydrogen-bond acceptors (Lipinski definition) is 3. The highest BCUT2D eigenvalue weighted by Gasteiger charge is 2.69. The van der Waals surface area contributed by atoms with Gasteiger partial charge in [-0.3, -0.25) is 4.79 Å². The quantitative estimate of drug-likeness (QED) is 0.611. The van der Waals surface area contributed by atoms with E-state index in [1.165, 1.54) is 0 Å². The van der Waals surface area contributed by atoms with Gasteiger partial charge in [-0.05, 0) is 18.8 Å². The largest absolute Gasteiger partial charge is 0.346 e. The second kappa shape index (κ2) is 2.53. The summed E-state index contributed by atoms with van der Waals surface area (Å²) in [4.78, 5) is 12.4. The van der Waals surface area contributed by atoms with E-state index in [1.54, 1.807) is 7.11 Å². The van der Waals surface area contributed by atoms with Crippen LogP contribution in [0.25, 0.3) is 0 Å². The summed E-state index contributed by atoms with van der Waals surface area (Å²) < 4.78 is 11.1. The van der Waals surface area contributed by atoms with Crippen molar-refractivity contribution in [1.82, 2.24) is 0 Å². The Labute approximate surface area is 89.4 Å². The van der Waals surface area contributed by atoms with Crippen LogP contribution in [0.1, 0.15) is 13.8 Å². The number of ketones is 1. The van der Waals surface area contributed by atoms with Crippen LogP contribution in [0.2, 0.25) is 0 Å². The van der Waals surface area contributed by atoms with Crippen LogP contribution in [0.4, 0.5) is 0 Å². The maximum Gasteiger partial charge on any atom is 0.236 e. The molecule has 0 aromatic heterocycles. The van der Waals surface area contributed by atoms with Crippen molar-refractivity contribution in [3.63, 3.8) is 0 Å². The predicted octanol–water partition coefficient (Wildman–Crippen LogP) is 1.39. The lowest BCUT2D eigenvalue weighted by molar-refractivity contribution is -0.222. The fraction of sp³-hybridized carbons (Fsp3) is 0.750. The molecule has 4 bridgehead atoms. The first-order valence-electron chi connectivity index (χ1n) is 5.49. The molecular weight excluding hydrogens is 192 g/mol. The molecule has 0 N–H and O–H groups in total. The Balaban J connectivity index is 2.21. The molecule has 3 aliphatic carbocycles. The van der Waals surface area contributed by atoms with Gasteiger partial charge in [-0.2, -0.15) is 0 Å². The van der Waals surface area contributed by atoms with Crippen LogP contribution in [0.3, 0.4) is 0 Å². The fourth-order valence-electron chi connectivity index (χ4n) is 3.49. The Kier molecular flexibility index (Phi) is 1.61. The van der Waals surface area contributed by atoms with Crippen molar-refractivity contribution in [2.75, 3.05) is 13.7 Å². The first-order chi connectivity index (χ1) is 7.06. The minimum absolute atomic E-state index is 0.103. The summed E-state index contributed by atoms with van der Waals surface area (Å²) in [7, 11) is 1.57. The maximum atomic E-state index is 12.4. The normalized spacial score (nSPS) is 56.5. The Bertz CT molecular complexity index is 362. The number of methoxy groups -OCH3 is 1. The number of ether oxygens (including phenoxy) is 2. The van der Waals surface area contributed by atoms with E-state index < -0.39 is 11.2 Å². The van der Waals surface area contributed by atoms with E-state index in [1.807, 2.05) is 13.0 Å². The molecule has 1 saturated carbocycles. The summed E-state index contributed by atoms with van der Waals surface area (Å²) in [6, 6.07) is 0. The molecule has 82 valence electrons. The third kappa shape index (κ3) is 0.797. The van der Waals surface area contributed by atoms with Crippen molar-refractivity contribution >= 4 is 5.78 Å². The van der Waals surface area contributed by atoms with Crippen LogP contribution < -0.4 is 0 Å². The zero-order chi connectivity index (χ0) is 10.8. The van der Waals surface area contributed by atoms with E-state index in [9.17, 15) is 4.79 Å². The molecule has 0 aromatic rings. The summed E-state index contributed by atoms with van der Waals surface area (Å²) in [5, 5.41) is 0. The smallest absolute Gasteiger partial charge is 0.236 e. The molecule has 0 radical (unpaired) electrons. The fourth-order valence-corrected chi connectivity index (χ4v) is 3.49. The van der Waals surface area contributed by atoms with E-state index in [0.717, 1.165) is 0 Å². The highest BCUT2D eigenvalue weighted by atomic mass is 16.7. The molecule has 0 spiro atoms. The van der Waals surface area contributed by atoms with Gasteiger partial charge in [-0.15, -0.1) is 0 Å². The van der Waals surface area contributed by atoms with Crippen LogP contribution in [0.15, 0.2) is 12.2 Å². The minimum Gasteiger partial charge on any atom is -0.346 e. The second-order valence-corrected chi connectivity index (χ2v) is 5.13. The standard InChI is InChI=1S/C12H16O3/c1-7-8-6-15-12(14-3)9(8)4-5-11(7,2)10(12)13/h4-5,7-9H,6H2,1-3H3/t7-,8-,9+,11-,12-/m1/s1. The molecule has 0 aromatic carbocycles. The molecule has 1 aliphatic heterocycles. The molecule has 1 saturated heterocycles. The first-order valence-corrected chi connectivity index (χ1v) is 5.49. The topological polar surface area (TPSA) is 35.5 Å². The summed E-state index contributed by atoms with van der Waals surface area (Å²) in [5.74, 6) is 0.0298. The monoisotopic (exact) mass is 208 g/mol. The van der Waals surface area contributed by atoms with Gasteiger partial charge in [0.05, 0.1) is 12.0 Å². The number of allylic oxidation sites excluding steroid dienone is 1. The lowest BCUT2D eigenvalue weighted by Crippen LogP contribution is -2.61. The Morgan fingerprint density at radius 1 is 1.60 bits per heavy atom. The molecule has 2 fully saturated rings. The van der Waals surface area contributed by atoms with E-state index in [-0.39, 0.29) is 11.7 Å². The van der Waals surface area contributed by atoms with Crippen LogP contribution in [0, 0.1) is 23.2 Å². The number of rotatable bonds is 1. The van der Waals surface area contributed by atoms with Gasteiger partial charge in [0.25, 0.3) is 0 Å². The molecule has 4 aliphatic rings. The van der Waals surface area contributed by atoms with Crippen molar-refractivity contribution in [2.24, 2.45) is 23.2 Å². The van der Waals surface area contributed by atoms with Crippen molar-refractivity contribution in [3.05, 3.63) is 12.2 Å². The van der Waals surface area contributed by atoms with Crippen LogP contribution in [0.5, 0.6) is 0 Å². The third-order valence-corrected chi connectivity index (χ3v) is 4.74. The number of carbonyl (C=O) groups excluding carboxylic acids is 1. The average Bonchev–Trinajstić information content (AvgIpc) is 2.60. The molecule has 3 nitrogen and oxygen atoms in total. The van der Waals surface area contributed by atoms with Crippen LogP contribution in [-0.2, 0) is 14.3 Å². The van der Waals surface area contributed by atoms with E-state index in [4.69, 9.17) is 9.47 Å². The zero-order valence-corrected chi connectivity index (χ0v) is 9.32. The summed E-state index contributed by atoms with van der Waals surface area (Å²) in [5.41, 5.74) is -0.397. The molecular formula is C12H16O3. The Morgan fingerprint density at radius 3 is 3.00 bits per heavy atom. The molecule has 5 atom stereocenters. The second-order valence-electron chi connectivity index (χ2n) is 5.13. The summed E-state index contributed by atoms with van der Waals surface area (Å²) in [6.07, 6.45) is 4.16. The average molecular weight is 208 g/mol. The lowest BCUT2D eigenvalue weighted by atomic mass is 9.54. The molecule has 15 heavy (non-hydrogen) atoms. The minimum atomic E-state index is -0.972. The van der Waals surface area contributed by atoms with Crippen molar-refractivity contribution in [3.8, 4) is 0 Å². The molecule has 4 rings (SSSR count). The van der Waals surface area contributed by atoms with E-state index >= 15 is 0 Å². The van der Waals surface area contributed by atoms with Gasteiger partial charge in [0, 0.05) is 13.0 Å². The molecule has 0 amide bonds. The van der Waals surface area contributed by atoms with Gasteiger partial charge < -0.3 is 9.47 Å². The van der Waals surface area contributed by atoms with E-state index in [2.05, 4.69) is 13.0 Å². The van der Waals surface area contributed by atoms with Gasteiger partial charge >= 0.3 is 0 Å². The number of hydrogen-bond donors (Lipinski definition) is 0. The lowest BCUT2D eigenvalue weighted by Gasteiger charge is -2.50. The highest BCUT2D eigenvalue weighted by molar-refractivity contribution is 5.96. The number of carbonyl (C=O) groups is 1. The Hall–Kier alpha value is -0.670. The predicted molar refractivity (Wildman–Crippen MR) is 54.1 cm³/mol. The van der Waals surface area contributed by atoms with Gasteiger partial charge in [-0.25, -0.2) is 0 Å². The SMILES string of the molecule is CO[C@@]12OC[C@@H]3[C@@H](C)[C@@](C)(C=C[C@@H]31)C2=O. The molecule has 0 unspecified atom stereocenters.